The minimum Gasteiger partial charge on any atom is -0.370 e. The summed E-state index contributed by atoms with van der Waals surface area (Å²) in [4.78, 5) is 6.47. The third kappa shape index (κ3) is 7.83. The van der Waals surface area contributed by atoms with Gasteiger partial charge in [-0.05, 0) is 24.8 Å². The van der Waals surface area contributed by atoms with Crippen LogP contribution >= 0.6 is 24.0 Å². The molecule has 1 aliphatic heterocycles. The van der Waals surface area contributed by atoms with Crippen molar-refractivity contribution in [2.45, 2.75) is 37.9 Å². The quantitative estimate of drug-likeness (QED) is 0.304. The summed E-state index contributed by atoms with van der Waals surface area (Å²) < 4.78 is 24.2. The molecule has 0 atom stereocenters. The molecule has 1 fully saturated rings. The number of hydrogen-bond donors (Lipinski definition) is 1. The van der Waals surface area contributed by atoms with E-state index in [1.807, 2.05) is 30.3 Å². The van der Waals surface area contributed by atoms with Gasteiger partial charge in [-0.2, -0.15) is 0 Å². The summed E-state index contributed by atoms with van der Waals surface area (Å²) in [6.45, 7) is 2.39. The molecule has 2 N–H and O–H groups in total. The van der Waals surface area contributed by atoms with Gasteiger partial charge in [-0.1, -0.05) is 43.2 Å². The summed E-state index contributed by atoms with van der Waals surface area (Å²) in [5, 5.41) is 0. The van der Waals surface area contributed by atoms with Crippen molar-refractivity contribution in [3.63, 3.8) is 0 Å². The molecule has 0 aliphatic carbocycles. The highest BCUT2D eigenvalue weighted by molar-refractivity contribution is 14.0. The van der Waals surface area contributed by atoms with Gasteiger partial charge in [0, 0.05) is 19.6 Å². The Kier molecular flexibility index (Phi) is 9.65. The standard InChI is InChI=1S/C17H27N3O2S.HI/c18-17(20-12-6-1-2-7-13-20)19-11-8-14-23(21,22)15-16-9-4-3-5-10-16;/h3-5,9-10H,1-2,6-8,11-15H2,(H2,18,19);1H. The molecular formula is C17H28IN3O2S. The third-order valence-electron chi connectivity index (χ3n) is 4.05. The molecule has 1 aromatic rings. The molecule has 1 saturated heterocycles. The average molecular weight is 465 g/mol. The lowest BCUT2D eigenvalue weighted by molar-refractivity contribution is 0.428. The topological polar surface area (TPSA) is 75.8 Å². The predicted octanol–water partition coefficient (Wildman–Crippen LogP) is 2.80. The van der Waals surface area contributed by atoms with E-state index >= 15 is 0 Å². The molecule has 1 aliphatic rings. The smallest absolute Gasteiger partial charge is 0.191 e. The van der Waals surface area contributed by atoms with Crippen molar-refractivity contribution < 1.29 is 8.42 Å². The minimum absolute atomic E-state index is 0. The second-order valence-electron chi connectivity index (χ2n) is 6.07. The van der Waals surface area contributed by atoms with Crippen molar-refractivity contribution in [2.24, 2.45) is 10.7 Å². The van der Waals surface area contributed by atoms with Crippen LogP contribution in [0.5, 0.6) is 0 Å². The van der Waals surface area contributed by atoms with E-state index in [9.17, 15) is 8.42 Å². The van der Waals surface area contributed by atoms with Crippen molar-refractivity contribution in [2.75, 3.05) is 25.4 Å². The van der Waals surface area contributed by atoms with Gasteiger partial charge in [-0.15, -0.1) is 24.0 Å². The first-order chi connectivity index (χ1) is 11.1. The second-order valence-corrected chi connectivity index (χ2v) is 8.26. The normalized spacial score (nSPS) is 16.3. The molecule has 5 nitrogen and oxygen atoms in total. The summed E-state index contributed by atoms with van der Waals surface area (Å²) >= 11 is 0. The molecule has 136 valence electrons. The fraction of sp³-hybridized carbons (Fsp3) is 0.588. The van der Waals surface area contributed by atoms with Crippen molar-refractivity contribution in [1.82, 2.24) is 4.90 Å². The third-order valence-corrected chi connectivity index (χ3v) is 5.73. The molecule has 2 rings (SSSR count). The number of benzene rings is 1. The first kappa shape index (κ1) is 21.2. The molecule has 0 spiro atoms. The van der Waals surface area contributed by atoms with E-state index in [4.69, 9.17) is 5.73 Å². The van der Waals surface area contributed by atoms with Crippen molar-refractivity contribution in [1.29, 1.82) is 0 Å². The number of sulfone groups is 1. The number of aliphatic imine (C=N–C) groups is 1. The van der Waals surface area contributed by atoms with E-state index in [0.717, 1.165) is 31.5 Å². The van der Waals surface area contributed by atoms with Crippen LogP contribution in [0.1, 0.15) is 37.7 Å². The molecule has 1 aromatic carbocycles. The van der Waals surface area contributed by atoms with Gasteiger partial charge in [0.15, 0.2) is 15.8 Å². The fourth-order valence-corrected chi connectivity index (χ4v) is 4.19. The van der Waals surface area contributed by atoms with E-state index in [-0.39, 0.29) is 35.5 Å². The SMILES string of the molecule is I.NC(=NCCCS(=O)(=O)Cc1ccccc1)N1CCCCCC1. The van der Waals surface area contributed by atoms with Crippen LogP contribution in [0.2, 0.25) is 0 Å². The van der Waals surface area contributed by atoms with Crippen molar-refractivity contribution >= 4 is 39.8 Å². The first-order valence-electron chi connectivity index (χ1n) is 8.36. The Morgan fingerprint density at radius 2 is 1.71 bits per heavy atom. The zero-order valence-electron chi connectivity index (χ0n) is 14.1. The molecule has 0 radical (unpaired) electrons. The lowest BCUT2D eigenvalue weighted by Crippen LogP contribution is -2.38. The summed E-state index contributed by atoms with van der Waals surface area (Å²) in [7, 11) is -3.09. The fourth-order valence-electron chi connectivity index (χ4n) is 2.78. The molecule has 24 heavy (non-hydrogen) atoms. The Morgan fingerprint density at radius 1 is 1.08 bits per heavy atom. The van der Waals surface area contributed by atoms with Crippen LogP contribution in [-0.4, -0.2) is 44.7 Å². The van der Waals surface area contributed by atoms with E-state index < -0.39 is 9.84 Å². The Hall–Kier alpha value is -0.830. The van der Waals surface area contributed by atoms with Gasteiger partial charge in [0.25, 0.3) is 0 Å². The van der Waals surface area contributed by atoms with Crippen molar-refractivity contribution in [3.05, 3.63) is 35.9 Å². The Morgan fingerprint density at radius 3 is 2.33 bits per heavy atom. The maximum Gasteiger partial charge on any atom is 0.191 e. The Labute approximate surface area is 162 Å². The number of nitrogens with two attached hydrogens (primary N) is 1. The van der Waals surface area contributed by atoms with E-state index in [1.165, 1.54) is 12.8 Å². The van der Waals surface area contributed by atoms with Gasteiger partial charge < -0.3 is 10.6 Å². The first-order valence-corrected chi connectivity index (χ1v) is 10.2. The number of guanidine groups is 1. The molecule has 0 bridgehead atoms. The summed E-state index contributed by atoms with van der Waals surface area (Å²) in [5.41, 5.74) is 6.85. The molecule has 0 saturated carbocycles. The van der Waals surface area contributed by atoms with E-state index in [0.29, 0.717) is 18.9 Å². The number of rotatable bonds is 6. The number of nitrogens with zero attached hydrogens (tertiary/aromatic N) is 2. The van der Waals surface area contributed by atoms with Gasteiger partial charge in [0.1, 0.15) is 0 Å². The number of likely N-dealkylation sites (tertiary alicyclic amines) is 1. The monoisotopic (exact) mass is 465 g/mol. The van der Waals surface area contributed by atoms with Gasteiger partial charge in [0.2, 0.25) is 0 Å². The van der Waals surface area contributed by atoms with E-state index in [1.54, 1.807) is 0 Å². The number of hydrogen-bond acceptors (Lipinski definition) is 3. The highest BCUT2D eigenvalue weighted by Gasteiger charge is 2.13. The maximum atomic E-state index is 12.1. The molecule has 0 unspecified atom stereocenters. The largest absolute Gasteiger partial charge is 0.370 e. The van der Waals surface area contributed by atoms with Gasteiger partial charge >= 0.3 is 0 Å². The maximum absolute atomic E-state index is 12.1. The number of halogens is 1. The van der Waals surface area contributed by atoms with Gasteiger partial charge in [0.05, 0.1) is 11.5 Å². The second kappa shape index (κ2) is 10.9. The highest BCUT2D eigenvalue weighted by atomic mass is 127. The van der Waals surface area contributed by atoms with Crippen LogP contribution in [-0.2, 0) is 15.6 Å². The summed E-state index contributed by atoms with van der Waals surface area (Å²) in [6, 6.07) is 9.28. The Bertz CT molecular complexity index is 598. The van der Waals surface area contributed by atoms with Crippen LogP contribution in [0.4, 0.5) is 0 Å². The van der Waals surface area contributed by atoms with Crippen LogP contribution in [0, 0.1) is 0 Å². The molecule has 7 heteroatoms. The molecule has 0 amide bonds. The lowest BCUT2D eigenvalue weighted by Gasteiger charge is -2.21. The highest BCUT2D eigenvalue weighted by Crippen LogP contribution is 2.10. The molecular weight excluding hydrogens is 437 g/mol. The minimum atomic E-state index is -3.09. The van der Waals surface area contributed by atoms with Gasteiger partial charge in [-0.25, -0.2) is 8.42 Å². The zero-order chi connectivity index (χ0) is 16.5. The van der Waals surface area contributed by atoms with Gasteiger partial charge in [-0.3, -0.25) is 4.99 Å². The van der Waals surface area contributed by atoms with Crippen LogP contribution in [0.15, 0.2) is 35.3 Å². The van der Waals surface area contributed by atoms with Crippen LogP contribution < -0.4 is 5.73 Å². The average Bonchev–Trinajstić information content (AvgIpc) is 2.81. The molecule has 0 aromatic heterocycles. The predicted molar refractivity (Wildman–Crippen MR) is 110 cm³/mol. The lowest BCUT2D eigenvalue weighted by atomic mass is 10.2. The molecule has 1 heterocycles. The zero-order valence-corrected chi connectivity index (χ0v) is 17.2. The van der Waals surface area contributed by atoms with Crippen LogP contribution in [0.25, 0.3) is 0 Å². The summed E-state index contributed by atoms with van der Waals surface area (Å²) in [6.07, 6.45) is 5.33. The van der Waals surface area contributed by atoms with E-state index in [2.05, 4.69) is 9.89 Å². The van der Waals surface area contributed by atoms with Crippen LogP contribution in [0.3, 0.4) is 0 Å². The summed E-state index contributed by atoms with van der Waals surface area (Å²) in [5.74, 6) is 0.810. The Balaban J connectivity index is 0.00000288. The van der Waals surface area contributed by atoms with Crippen molar-refractivity contribution in [3.8, 4) is 0 Å².